The van der Waals surface area contributed by atoms with Crippen LogP contribution in [0.15, 0.2) is 0 Å². The van der Waals surface area contributed by atoms with Crippen LogP contribution in [0.3, 0.4) is 0 Å². The molecule has 0 aliphatic carbocycles. The number of thiol groups is 1. The number of carbonyl (C=O) groups is 2. The molecule has 170 valence electrons. The first-order valence-electron chi connectivity index (χ1n) is 11.0. The van der Waals surface area contributed by atoms with E-state index in [4.69, 9.17) is 9.47 Å². The number of carbonyl (C=O) groups excluding carboxylic acids is 2. The van der Waals surface area contributed by atoms with E-state index in [9.17, 15) is 9.59 Å². The summed E-state index contributed by atoms with van der Waals surface area (Å²) in [5.41, 5.74) is 0. The summed E-state index contributed by atoms with van der Waals surface area (Å²) in [4.78, 5) is 24.9. The van der Waals surface area contributed by atoms with Crippen molar-refractivity contribution in [2.45, 2.75) is 92.0 Å². The molecule has 2 radical (unpaired) electrons. The Bertz CT molecular complexity index is 460. The Hall–Kier alpha value is 0.439. The average Bonchev–Trinajstić information content (AvgIpc) is 2.66. The Morgan fingerprint density at radius 2 is 1.38 bits per heavy atom. The molecule has 29 heavy (non-hydrogen) atoms. The quantitative estimate of drug-likeness (QED) is 0.111. The Morgan fingerprint density at radius 3 is 1.83 bits per heavy atom. The second-order valence-corrected chi connectivity index (χ2v) is 18.1. The number of esters is 2. The van der Waals surface area contributed by atoms with E-state index in [2.05, 4.69) is 40.3 Å². The number of unbranched alkanes of at least 4 members (excludes halogenated alkanes) is 4. The van der Waals surface area contributed by atoms with Crippen molar-refractivity contribution in [2.75, 3.05) is 19.5 Å². The molecule has 0 aromatic carbocycles. The van der Waals surface area contributed by atoms with Crippen LogP contribution in [0.5, 0.6) is 0 Å². The minimum absolute atomic E-state index is 0.194. The first-order valence-corrected chi connectivity index (χ1v) is 15.8. The molecular weight excluding hydrogens is 511 g/mol. The molecule has 2 atom stereocenters. The average molecular weight is 553 g/mol. The second kappa shape index (κ2) is 17.0. The molecule has 0 spiro atoms. The molecular formula is C22H42O4S2Sn. The molecule has 0 bridgehead atoms. The summed E-state index contributed by atoms with van der Waals surface area (Å²) in [5.74, 6) is 0.971. The molecule has 0 fully saturated rings. The zero-order chi connectivity index (χ0) is 22.3. The fourth-order valence-corrected chi connectivity index (χ4v) is 9.88. The maximum atomic E-state index is 12.6. The molecule has 4 nitrogen and oxygen atoms in total. The summed E-state index contributed by atoms with van der Waals surface area (Å²) < 4.78 is 9.84. The molecule has 0 saturated heterocycles. The summed E-state index contributed by atoms with van der Waals surface area (Å²) in [6.45, 7) is 11.7. The summed E-state index contributed by atoms with van der Waals surface area (Å²) >= 11 is 4.45. The van der Waals surface area contributed by atoms with Crippen LogP contribution in [0, 0.1) is 11.8 Å². The third-order valence-corrected chi connectivity index (χ3v) is 13.0. The van der Waals surface area contributed by atoms with Gasteiger partial charge in [0.2, 0.25) is 0 Å². The van der Waals surface area contributed by atoms with Gasteiger partial charge in [-0.2, -0.15) is 0 Å². The number of hydrogen-bond acceptors (Lipinski definition) is 6. The zero-order valence-electron chi connectivity index (χ0n) is 19.3. The van der Waals surface area contributed by atoms with E-state index in [1.165, 1.54) is 37.4 Å². The predicted octanol–water partition coefficient (Wildman–Crippen LogP) is 5.54. The molecule has 2 unspecified atom stereocenters. The van der Waals surface area contributed by atoms with Gasteiger partial charge in [0.15, 0.2) is 0 Å². The number of ether oxygens (including phenoxy) is 2. The third-order valence-electron chi connectivity index (χ3n) is 4.76. The molecule has 0 N–H and O–H groups in total. The summed E-state index contributed by atoms with van der Waals surface area (Å²) in [5, 5.41) is 0. The van der Waals surface area contributed by atoms with Crippen molar-refractivity contribution in [1.29, 1.82) is 0 Å². The van der Waals surface area contributed by atoms with Gasteiger partial charge >= 0.3 is 200 Å². The van der Waals surface area contributed by atoms with Gasteiger partial charge in [-0.15, -0.1) is 0 Å². The Kier molecular flexibility index (Phi) is 17.3. The summed E-state index contributed by atoms with van der Waals surface area (Å²) in [6.07, 6.45) is 10.6. The van der Waals surface area contributed by atoms with E-state index in [1.54, 1.807) is 0 Å². The summed E-state index contributed by atoms with van der Waals surface area (Å²) in [7, 11) is 0. The van der Waals surface area contributed by atoms with E-state index >= 15 is 0 Å². The van der Waals surface area contributed by atoms with E-state index in [-0.39, 0.29) is 11.9 Å². The topological polar surface area (TPSA) is 52.6 Å². The predicted molar refractivity (Wildman–Crippen MR) is 129 cm³/mol. The summed E-state index contributed by atoms with van der Waals surface area (Å²) in [6, 6.07) is 0. The van der Waals surface area contributed by atoms with Crippen molar-refractivity contribution in [2.24, 2.45) is 11.8 Å². The van der Waals surface area contributed by atoms with Crippen molar-refractivity contribution in [3.63, 3.8) is 0 Å². The van der Waals surface area contributed by atoms with E-state index < -0.39 is 27.2 Å². The molecule has 0 aromatic rings. The Morgan fingerprint density at radius 1 is 0.897 bits per heavy atom. The number of thioether (sulfide) groups is 1. The van der Waals surface area contributed by atoms with Crippen molar-refractivity contribution < 1.29 is 19.1 Å². The van der Waals surface area contributed by atoms with Gasteiger partial charge in [0.1, 0.15) is 0 Å². The van der Waals surface area contributed by atoms with Crippen LogP contribution in [0.25, 0.3) is 0 Å². The standard InChI is InChI=1S/C12H23O2S.C10H19O2S.Sn/c1-10(2)8-6-5-7-9-14-12(13)11(3)15-4;1-9(2)6-4-3-5-7-12-10(11)8-13;/h10H,5-9H2,1-4H3;8-9,13H,3-7H2,1-2H3;. The maximum absolute atomic E-state index is 12.6. The fourth-order valence-electron chi connectivity index (χ4n) is 2.74. The van der Waals surface area contributed by atoms with Gasteiger partial charge in [-0.05, 0) is 0 Å². The van der Waals surface area contributed by atoms with Gasteiger partial charge in [0, 0.05) is 0 Å². The molecule has 0 heterocycles. The third kappa shape index (κ3) is 15.0. The minimum atomic E-state index is -1.50. The number of hydrogen-bond donors (Lipinski definition) is 1. The van der Waals surface area contributed by atoms with Gasteiger partial charge in [-0.1, -0.05) is 0 Å². The first-order chi connectivity index (χ1) is 13.6. The van der Waals surface area contributed by atoms with Crippen LogP contribution in [-0.4, -0.2) is 58.6 Å². The number of rotatable bonds is 17. The van der Waals surface area contributed by atoms with Crippen LogP contribution in [0.2, 0.25) is 0 Å². The van der Waals surface area contributed by atoms with Crippen LogP contribution in [-0.2, 0) is 19.1 Å². The molecule has 0 saturated carbocycles. The van der Waals surface area contributed by atoms with Crippen molar-refractivity contribution in [1.82, 2.24) is 0 Å². The first kappa shape index (κ1) is 29.4. The van der Waals surface area contributed by atoms with Gasteiger partial charge < -0.3 is 0 Å². The zero-order valence-corrected chi connectivity index (χ0v) is 23.9. The Balaban J connectivity index is 4.18. The monoisotopic (exact) mass is 554 g/mol. The molecule has 7 heteroatoms. The van der Waals surface area contributed by atoms with Gasteiger partial charge in [-0.25, -0.2) is 0 Å². The second-order valence-electron chi connectivity index (χ2n) is 8.57. The Labute approximate surface area is 199 Å². The van der Waals surface area contributed by atoms with Gasteiger partial charge in [-0.3, -0.25) is 0 Å². The van der Waals surface area contributed by atoms with Crippen LogP contribution < -0.4 is 0 Å². The molecule has 0 rings (SSSR count). The van der Waals surface area contributed by atoms with Gasteiger partial charge in [0.05, 0.1) is 0 Å². The van der Waals surface area contributed by atoms with Crippen LogP contribution >= 0.6 is 24.4 Å². The normalized spacial score (nSPS) is 14.7. The van der Waals surface area contributed by atoms with Gasteiger partial charge in [0.25, 0.3) is 0 Å². The van der Waals surface area contributed by atoms with E-state index in [0.29, 0.717) is 13.2 Å². The van der Waals surface area contributed by atoms with Crippen molar-refractivity contribution in [3.8, 4) is 0 Å². The van der Waals surface area contributed by atoms with Crippen LogP contribution in [0.4, 0.5) is 0 Å². The molecule has 0 amide bonds. The molecule has 0 aromatic heterocycles. The van der Waals surface area contributed by atoms with E-state index in [0.717, 1.165) is 37.5 Å². The van der Waals surface area contributed by atoms with Crippen molar-refractivity contribution >= 4 is 57.5 Å². The van der Waals surface area contributed by atoms with E-state index in [1.807, 2.05) is 13.2 Å². The SMILES string of the molecule is CS[C](C)([Sn][CH](S)C(=O)OCCCCCC(C)C)C(=O)OCCCCCC(C)C. The molecule has 0 aliphatic heterocycles. The van der Waals surface area contributed by atoms with Crippen molar-refractivity contribution in [3.05, 3.63) is 0 Å². The fraction of sp³-hybridized carbons (Fsp3) is 0.909. The molecule has 0 aliphatic rings. The van der Waals surface area contributed by atoms with Crippen LogP contribution in [0.1, 0.15) is 86.0 Å².